The molecule has 0 aliphatic rings. The van der Waals surface area contributed by atoms with Crippen LogP contribution in [-0.2, 0) is 24.3 Å². The molecule has 0 unspecified atom stereocenters. The van der Waals surface area contributed by atoms with Gasteiger partial charge >= 0.3 is 11.9 Å². The molecule has 0 spiro atoms. The lowest BCUT2D eigenvalue weighted by molar-refractivity contribution is -0.140. The third kappa shape index (κ3) is 9.40. The van der Waals surface area contributed by atoms with Crippen molar-refractivity contribution in [1.82, 2.24) is 4.72 Å². The first-order chi connectivity index (χ1) is 8.78. The molecule has 0 fully saturated rings. The number of sulfonamides is 1. The molecule has 8 nitrogen and oxygen atoms in total. The average molecular weight is 297 g/mol. The zero-order chi connectivity index (χ0) is 14.9. The molecule has 0 saturated heterocycles. The Morgan fingerprint density at radius 1 is 1.32 bits per heavy atom. The normalized spacial score (nSPS) is 13.1. The summed E-state index contributed by atoms with van der Waals surface area (Å²) in [6, 6.07) is -1.31. The molecular weight excluding hydrogens is 278 g/mol. The van der Waals surface area contributed by atoms with E-state index in [1.165, 1.54) is 0 Å². The molecule has 112 valence electrons. The van der Waals surface area contributed by atoms with Gasteiger partial charge in [-0.3, -0.25) is 9.59 Å². The van der Waals surface area contributed by atoms with Crippen LogP contribution in [0.5, 0.6) is 0 Å². The lowest BCUT2D eigenvalue weighted by atomic mass is 10.1. The van der Waals surface area contributed by atoms with Crippen molar-refractivity contribution in [2.45, 2.75) is 32.2 Å². The third-order valence-corrected chi connectivity index (χ3v) is 3.55. The van der Waals surface area contributed by atoms with Crippen molar-refractivity contribution in [2.75, 3.05) is 19.0 Å². The SMILES string of the molecule is CCOCCS(=O)(=O)N[C@H](CCCC(=O)O)C(=O)O. The zero-order valence-corrected chi connectivity index (χ0v) is 11.5. The zero-order valence-electron chi connectivity index (χ0n) is 10.7. The largest absolute Gasteiger partial charge is 0.481 e. The van der Waals surface area contributed by atoms with Crippen LogP contribution in [0.3, 0.4) is 0 Å². The topological polar surface area (TPSA) is 130 Å². The maximum atomic E-state index is 11.5. The first-order valence-electron chi connectivity index (χ1n) is 5.81. The van der Waals surface area contributed by atoms with Crippen molar-refractivity contribution in [1.29, 1.82) is 0 Å². The van der Waals surface area contributed by atoms with E-state index in [9.17, 15) is 18.0 Å². The molecule has 1 atom stereocenters. The summed E-state index contributed by atoms with van der Waals surface area (Å²) in [7, 11) is -3.75. The summed E-state index contributed by atoms with van der Waals surface area (Å²) in [6.45, 7) is 2.07. The first-order valence-corrected chi connectivity index (χ1v) is 7.46. The molecule has 0 saturated carbocycles. The van der Waals surface area contributed by atoms with E-state index in [1.807, 2.05) is 4.72 Å². The van der Waals surface area contributed by atoms with Gasteiger partial charge in [0, 0.05) is 13.0 Å². The number of hydrogen-bond acceptors (Lipinski definition) is 5. The van der Waals surface area contributed by atoms with Crippen LogP contribution in [0.4, 0.5) is 0 Å². The van der Waals surface area contributed by atoms with Gasteiger partial charge in [0.25, 0.3) is 0 Å². The predicted octanol–water partition coefficient (Wildman–Crippen LogP) is -0.350. The van der Waals surface area contributed by atoms with Crippen molar-refractivity contribution in [2.24, 2.45) is 0 Å². The quantitative estimate of drug-likeness (QED) is 0.444. The molecule has 0 amide bonds. The Labute approximate surface area is 111 Å². The summed E-state index contributed by atoms with van der Waals surface area (Å²) >= 11 is 0. The number of aliphatic carboxylic acids is 2. The molecule has 0 rings (SSSR count). The van der Waals surface area contributed by atoms with Crippen molar-refractivity contribution < 1.29 is 33.0 Å². The van der Waals surface area contributed by atoms with Crippen LogP contribution >= 0.6 is 0 Å². The van der Waals surface area contributed by atoms with Crippen molar-refractivity contribution >= 4 is 22.0 Å². The summed E-state index contributed by atoms with van der Waals surface area (Å²) in [6.07, 6.45) is -0.194. The number of nitrogens with one attached hydrogen (secondary N) is 1. The highest BCUT2D eigenvalue weighted by molar-refractivity contribution is 7.89. The Balaban J connectivity index is 4.32. The predicted molar refractivity (Wildman–Crippen MR) is 66.3 cm³/mol. The van der Waals surface area contributed by atoms with Crippen LogP contribution in [-0.4, -0.2) is 55.6 Å². The van der Waals surface area contributed by atoms with Gasteiger partial charge in [-0.2, -0.15) is 0 Å². The molecule has 0 aromatic heterocycles. The van der Waals surface area contributed by atoms with E-state index in [2.05, 4.69) is 0 Å². The van der Waals surface area contributed by atoms with Crippen LogP contribution in [0.15, 0.2) is 0 Å². The summed E-state index contributed by atoms with van der Waals surface area (Å²) in [4.78, 5) is 21.2. The molecule has 0 aromatic carbocycles. The smallest absolute Gasteiger partial charge is 0.321 e. The average Bonchev–Trinajstić information content (AvgIpc) is 2.27. The van der Waals surface area contributed by atoms with E-state index in [-0.39, 0.29) is 31.6 Å². The molecule has 19 heavy (non-hydrogen) atoms. The molecule has 0 aliphatic carbocycles. The number of carbonyl (C=O) groups is 2. The second-order valence-corrected chi connectivity index (χ2v) is 5.68. The second kappa shape index (κ2) is 8.83. The van der Waals surface area contributed by atoms with Crippen LogP contribution in [0.1, 0.15) is 26.2 Å². The maximum Gasteiger partial charge on any atom is 0.321 e. The number of hydrogen-bond donors (Lipinski definition) is 3. The number of rotatable bonds is 11. The lowest BCUT2D eigenvalue weighted by Crippen LogP contribution is -2.42. The van der Waals surface area contributed by atoms with Crippen LogP contribution < -0.4 is 4.72 Å². The second-order valence-electron chi connectivity index (χ2n) is 3.81. The molecule has 0 aliphatic heterocycles. The molecule has 0 radical (unpaired) electrons. The molecule has 9 heteroatoms. The monoisotopic (exact) mass is 297 g/mol. The molecule has 0 aromatic rings. The van der Waals surface area contributed by atoms with Gasteiger partial charge in [-0.1, -0.05) is 0 Å². The molecule has 3 N–H and O–H groups in total. The standard InChI is InChI=1S/C10H19NO7S/c1-2-18-6-7-19(16,17)11-8(10(14)15)4-3-5-9(12)13/h8,11H,2-7H2,1H3,(H,12,13)(H,14,15)/t8-/m1/s1. The minimum atomic E-state index is -3.75. The lowest BCUT2D eigenvalue weighted by Gasteiger charge is -2.14. The van der Waals surface area contributed by atoms with Gasteiger partial charge in [0.05, 0.1) is 12.4 Å². The maximum absolute atomic E-state index is 11.5. The number of ether oxygens (including phenoxy) is 1. The Morgan fingerprint density at radius 3 is 2.42 bits per heavy atom. The minimum absolute atomic E-state index is 0.0205. The van der Waals surface area contributed by atoms with Gasteiger partial charge in [0.1, 0.15) is 6.04 Å². The molecular formula is C10H19NO7S. The Hall–Kier alpha value is -1.19. The Kier molecular flexibility index (Phi) is 8.28. The van der Waals surface area contributed by atoms with E-state index in [4.69, 9.17) is 14.9 Å². The molecule has 0 bridgehead atoms. The van der Waals surface area contributed by atoms with Crippen LogP contribution in [0.25, 0.3) is 0 Å². The van der Waals surface area contributed by atoms with E-state index in [1.54, 1.807) is 6.92 Å². The highest BCUT2D eigenvalue weighted by atomic mass is 32.2. The van der Waals surface area contributed by atoms with Crippen molar-refractivity contribution in [3.63, 3.8) is 0 Å². The number of carboxylic acids is 2. The Bertz CT molecular complexity index is 393. The summed E-state index contributed by atoms with van der Waals surface area (Å²) in [5.41, 5.74) is 0. The van der Waals surface area contributed by atoms with Crippen LogP contribution in [0.2, 0.25) is 0 Å². The van der Waals surface area contributed by atoms with Gasteiger partial charge in [0.2, 0.25) is 10.0 Å². The fourth-order valence-corrected chi connectivity index (χ4v) is 2.39. The van der Waals surface area contributed by atoms with E-state index >= 15 is 0 Å². The summed E-state index contributed by atoms with van der Waals surface area (Å²) < 4.78 is 30.0. The fraction of sp³-hybridized carbons (Fsp3) is 0.800. The van der Waals surface area contributed by atoms with Gasteiger partial charge in [0.15, 0.2) is 0 Å². The summed E-state index contributed by atoms with van der Waals surface area (Å²) in [5, 5.41) is 17.3. The fourth-order valence-electron chi connectivity index (χ4n) is 1.28. The minimum Gasteiger partial charge on any atom is -0.481 e. The molecule has 0 heterocycles. The summed E-state index contributed by atoms with van der Waals surface area (Å²) in [5.74, 6) is -2.71. The Morgan fingerprint density at radius 2 is 1.95 bits per heavy atom. The first kappa shape index (κ1) is 17.8. The van der Waals surface area contributed by atoms with Gasteiger partial charge in [-0.15, -0.1) is 0 Å². The number of carboxylic acid groups (broad SMARTS) is 2. The van der Waals surface area contributed by atoms with E-state index in [0.717, 1.165) is 0 Å². The highest BCUT2D eigenvalue weighted by Crippen LogP contribution is 2.03. The third-order valence-electron chi connectivity index (χ3n) is 2.20. The van der Waals surface area contributed by atoms with Gasteiger partial charge in [-0.25, -0.2) is 13.1 Å². The van der Waals surface area contributed by atoms with Gasteiger partial charge < -0.3 is 14.9 Å². The van der Waals surface area contributed by atoms with E-state index in [0.29, 0.717) is 6.61 Å². The van der Waals surface area contributed by atoms with Crippen LogP contribution in [0, 0.1) is 0 Å². The van der Waals surface area contributed by atoms with E-state index < -0.39 is 28.0 Å². The van der Waals surface area contributed by atoms with Gasteiger partial charge in [-0.05, 0) is 19.8 Å². The highest BCUT2D eigenvalue weighted by Gasteiger charge is 2.23. The van der Waals surface area contributed by atoms with Crippen molar-refractivity contribution in [3.8, 4) is 0 Å². The van der Waals surface area contributed by atoms with Crippen molar-refractivity contribution in [3.05, 3.63) is 0 Å².